The average Bonchev–Trinajstić information content (AvgIpc) is 2.58. The van der Waals surface area contributed by atoms with Gasteiger partial charge >= 0.3 is 0 Å². The maximum Gasteiger partial charge on any atom is 0.239 e. The summed E-state index contributed by atoms with van der Waals surface area (Å²) in [5, 5.41) is 3.64. The van der Waals surface area contributed by atoms with Gasteiger partial charge in [0.1, 0.15) is 6.54 Å². The number of aromatic nitrogens is 1. The van der Waals surface area contributed by atoms with Gasteiger partial charge in [0.15, 0.2) is 5.43 Å². The molecule has 0 radical (unpaired) electrons. The lowest BCUT2D eigenvalue weighted by molar-refractivity contribution is -0.121. The van der Waals surface area contributed by atoms with Crippen LogP contribution in [0, 0.1) is 5.92 Å². The molecule has 0 bridgehead atoms. The number of rotatable bonds is 5. The number of fused-ring (bicyclic) bond motifs is 1. The zero-order chi connectivity index (χ0) is 16.9. The lowest BCUT2D eigenvalue weighted by Gasteiger charge is -2.30. The molecule has 1 aromatic carbocycles. The van der Waals surface area contributed by atoms with Crippen molar-refractivity contribution in [2.75, 3.05) is 26.2 Å². The van der Waals surface area contributed by atoms with Gasteiger partial charge in [-0.25, -0.2) is 0 Å². The van der Waals surface area contributed by atoms with Crippen molar-refractivity contribution in [3.63, 3.8) is 0 Å². The maximum absolute atomic E-state index is 12.2. The lowest BCUT2D eigenvalue weighted by Crippen LogP contribution is -2.40. The van der Waals surface area contributed by atoms with Crippen molar-refractivity contribution in [2.45, 2.75) is 26.3 Å². The number of piperidine rings is 1. The Kier molecular flexibility index (Phi) is 5.30. The molecule has 1 fully saturated rings. The normalized spacial score (nSPS) is 18.6. The minimum absolute atomic E-state index is 0.0125. The number of carbonyl (C=O) groups excluding carboxylic acids is 1. The van der Waals surface area contributed by atoms with Crippen LogP contribution >= 0.6 is 0 Å². The summed E-state index contributed by atoms with van der Waals surface area (Å²) in [5.74, 6) is 0.732. The first-order valence-electron chi connectivity index (χ1n) is 8.71. The highest BCUT2D eigenvalue weighted by atomic mass is 16.2. The van der Waals surface area contributed by atoms with Gasteiger partial charge in [-0.15, -0.1) is 0 Å². The molecule has 3 rings (SSSR count). The molecule has 5 heteroatoms. The molecule has 1 aliphatic rings. The predicted molar refractivity (Wildman–Crippen MR) is 96.1 cm³/mol. The third-order valence-electron chi connectivity index (χ3n) is 4.69. The van der Waals surface area contributed by atoms with E-state index >= 15 is 0 Å². The van der Waals surface area contributed by atoms with Crippen LogP contribution < -0.4 is 10.7 Å². The minimum atomic E-state index is -0.0196. The molecule has 1 N–H and O–H groups in total. The van der Waals surface area contributed by atoms with Gasteiger partial charge in [0, 0.05) is 37.3 Å². The SMILES string of the molecule is CC1CCCN(CCNC(=O)Cn2ccc(=O)c3ccccc32)C1. The summed E-state index contributed by atoms with van der Waals surface area (Å²) in [6.07, 6.45) is 4.25. The van der Waals surface area contributed by atoms with Crippen molar-refractivity contribution >= 4 is 16.8 Å². The maximum atomic E-state index is 12.2. The fourth-order valence-electron chi connectivity index (χ4n) is 3.45. The van der Waals surface area contributed by atoms with Crippen LogP contribution in [0.1, 0.15) is 19.8 Å². The molecule has 5 nitrogen and oxygen atoms in total. The van der Waals surface area contributed by atoms with Gasteiger partial charge in [0.25, 0.3) is 0 Å². The monoisotopic (exact) mass is 327 g/mol. The number of hydrogen-bond donors (Lipinski definition) is 1. The molecule has 2 aromatic rings. The van der Waals surface area contributed by atoms with E-state index in [1.54, 1.807) is 12.3 Å². The highest BCUT2D eigenvalue weighted by Gasteiger charge is 2.15. The number of pyridine rings is 1. The summed E-state index contributed by atoms with van der Waals surface area (Å²) >= 11 is 0. The summed E-state index contributed by atoms with van der Waals surface area (Å²) in [5.41, 5.74) is 0.784. The van der Waals surface area contributed by atoms with Crippen LogP contribution in [0.4, 0.5) is 0 Å². The number of amides is 1. The zero-order valence-corrected chi connectivity index (χ0v) is 14.2. The van der Waals surface area contributed by atoms with E-state index in [-0.39, 0.29) is 17.9 Å². The Labute approximate surface area is 142 Å². The summed E-state index contributed by atoms with van der Waals surface area (Å²) < 4.78 is 1.83. The number of benzene rings is 1. The molecule has 128 valence electrons. The molecule has 1 aromatic heterocycles. The highest BCUT2D eigenvalue weighted by molar-refractivity contribution is 5.82. The van der Waals surface area contributed by atoms with Gasteiger partial charge in [-0.1, -0.05) is 19.1 Å². The van der Waals surface area contributed by atoms with E-state index < -0.39 is 0 Å². The molecular formula is C19H25N3O2. The van der Waals surface area contributed by atoms with Gasteiger partial charge in [0.05, 0.1) is 5.52 Å². The summed E-state index contributed by atoms with van der Waals surface area (Å²) in [6, 6.07) is 8.91. The molecule has 1 aliphatic heterocycles. The molecule has 1 amide bonds. The Bertz CT molecular complexity index is 769. The quantitative estimate of drug-likeness (QED) is 0.912. The number of nitrogens with one attached hydrogen (secondary N) is 1. The third-order valence-corrected chi connectivity index (χ3v) is 4.69. The molecule has 0 saturated carbocycles. The van der Waals surface area contributed by atoms with Crippen molar-refractivity contribution in [3.05, 3.63) is 46.8 Å². The molecular weight excluding hydrogens is 302 g/mol. The van der Waals surface area contributed by atoms with Crippen LogP contribution in [0.5, 0.6) is 0 Å². The molecule has 24 heavy (non-hydrogen) atoms. The van der Waals surface area contributed by atoms with Crippen LogP contribution in [0.3, 0.4) is 0 Å². The van der Waals surface area contributed by atoms with Crippen LogP contribution in [-0.4, -0.2) is 41.6 Å². The zero-order valence-electron chi connectivity index (χ0n) is 14.2. The van der Waals surface area contributed by atoms with Gasteiger partial charge in [-0.05, 0) is 37.4 Å². The molecule has 0 aliphatic carbocycles. The average molecular weight is 327 g/mol. The predicted octanol–water partition coefficient (Wildman–Crippen LogP) is 1.85. The van der Waals surface area contributed by atoms with E-state index in [0.717, 1.165) is 31.1 Å². The largest absolute Gasteiger partial charge is 0.353 e. The van der Waals surface area contributed by atoms with E-state index in [9.17, 15) is 9.59 Å². The van der Waals surface area contributed by atoms with Gasteiger partial charge in [0.2, 0.25) is 5.91 Å². The second-order valence-corrected chi connectivity index (χ2v) is 6.72. The standard InChI is InChI=1S/C19H25N3O2/c1-15-5-4-10-21(13-15)12-9-20-19(24)14-22-11-8-18(23)16-6-2-3-7-17(16)22/h2-3,6-8,11,15H,4-5,9-10,12-14H2,1H3,(H,20,24). The van der Waals surface area contributed by atoms with Crippen molar-refractivity contribution in [1.29, 1.82) is 0 Å². The minimum Gasteiger partial charge on any atom is -0.353 e. The summed E-state index contributed by atoms with van der Waals surface area (Å²) in [6.45, 7) is 6.35. The lowest BCUT2D eigenvalue weighted by atomic mass is 10.0. The van der Waals surface area contributed by atoms with Crippen molar-refractivity contribution in [2.24, 2.45) is 5.92 Å². The number of hydrogen-bond acceptors (Lipinski definition) is 3. The molecule has 1 atom stereocenters. The Hall–Kier alpha value is -2.14. The van der Waals surface area contributed by atoms with Gasteiger partial charge in [-0.2, -0.15) is 0 Å². The number of nitrogens with zero attached hydrogens (tertiary/aromatic N) is 2. The van der Waals surface area contributed by atoms with E-state index in [2.05, 4.69) is 17.1 Å². The topological polar surface area (TPSA) is 54.3 Å². The first-order chi connectivity index (χ1) is 11.6. The number of likely N-dealkylation sites (tertiary alicyclic amines) is 1. The van der Waals surface area contributed by atoms with Crippen molar-refractivity contribution in [1.82, 2.24) is 14.8 Å². The fourth-order valence-corrected chi connectivity index (χ4v) is 3.45. The van der Waals surface area contributed by atoms with Crippen LogP contribution in [0.15, 0.2) is 41.3 Å². The Balaban J connectivity index is 1.56. The van der Waals surface area contributed by atoms with Crippen LogP contribution in [0.2, 0.25) is 0 Å². The number of para-hydroxylation sites is 1. The smallest absolute Gasteiger partial charge is 0.239 e. The summed E-state index contributed by atoms with van der Waals surface area (Å²) in [4.78, 5) is 26.5. The first kappa shape index (κ1) is 16.7. The van der Waals surface area contributed by atoms with Gasteiger partial charge in [-0.3, -0.25) is 9.59 Å². The summed E-state index contributed by atoms with van der Waals surface area (Å²) in [7, 11) is 0. The first-order valence-corrected chi connectivity index (χ1v) is 8.71. The van der Waals surface area contributed by atoms with Crippen LogP contribution in [0.25, 0.3) is 10.9 Å². The molecule has 0 spiro atoms. The second-order valence-electron chi connectivity index (χ2n) is 6.72. The Morgan fingerprint density at radius 2 is 2.12 bits per heavy atom. The highest BCUT2D eigenvalue weighted by Crippen LogP contribution is 2.14. The Morgan fingerprint density at radius 3 is 2.96 bits per heavy atom. The number of carbonyl (C=O) groups is 1. The van der Waals surface area contributed by atoms with E-state index in [4.69, 9.17) is 0 Å². The van der Waals surface area contributed by atoms with Crippen molar-refractivity contribution < 1.29 is 4.79 Å². The fraction of sp³-hybridized carbons (Fsp3) is 0.474. The van der Waals surface area contributed by atoms with Crippen LogP contribution in [-0.2, 0) is 11.3 Å². The molecule has 1 unspecified atom stereocenters. The van der Waals surface area contributed by atoms with E-state index in [1.807, 2.05) is 22.8 Å². The van der Waals surface area contributed by atoms with Gasteiger partial charge < -0.3 is 14.8 Å². The molecule has 2 heterocycles. The second kappa shape index (κ2) is 7.62. The Morgan fingerprint density at radius 1 is 1.29 bits per heavy atom. The van der Waals surface area contributed by atoms with Crippen molar-refractivity contribution in [3.8, 4) is 0 Å². The third kappa shape index (κ3) is 4.03. The van der Waals surface area contributed by atoms with E-state index in [0.29, 0.717) is 11.9 Å². The molecule has 1 saturated heterocycles. The van der Waals surface area contributed by atoms with E-state index in [1.165, 1.54) is 18.9 Å².